The zero-order valence-electron chi connectivity index (χ0n) is 21.2. The van der Waals surface area contributed by atoms with Crippen molar-refractivity contribution in [3.05, 3.63) is 0 Å². The second-order valence-corrected chi connectivity index (χ2v) is 10.5. The lowest BCUT2D eigenvalue weighted by molar-refractivity contribution is -0.120. The van der Waals surface area contributed by atoms with Gasteiger partial charge >= 0.3 is 7.82 Å². The van der Waals surface area contributed by atoms with Crippen LogP contribution in [0.25, 0.3) is 0 Å². The van der Waals surface area contributed by atoms with E-state index in [0.29, 0.717) is 19.4 Å². The number of rotatable bonds is 25. The number of nitrogens with one attached hydrogen (secondary N) is 1. The molecule has 0 rings (SSSR count). The fraction of sp³-hybridized carbons (Fsp3) is 0.960. The van der Waals surface area contributed by atoms with Gasteiger partial charge in [0.25, 0.3) is 0 Å². The van der Waals surface area contributed by atoms with Crippen molar-refractivity contribution >= 4 is 13.6 Å². The largest absolute Gasteiger partial charge is 0.472 e. The van der Waals surface area contributed by atoms with Gasteiger partial charge in [-0.2, -0.15) is 0 Å². The molecule has 0 saturated carbocycles. The van der Waals surface area contributed by atoms with Crippen molar-refractivity contribution < 1.29 is 23.3 Å². The Hall–Kier alpha value is -0.260. The molecule has 0 amide bonds. The van der Waals surface area contributed by atoms with Crippen LogP contribution in [-0.2, 0) is 18.4 Å². The molecule has 0 aliphatic carbocycles. The summed E-state index contributed by atoms with van der Waals surface area (Å²) >= 11 is 0. The molecule has 0 aromatic heterocycles. The van der Waals surface area contributed by atoms with Crippen LogP contribution < -0.4 is 5.32 Å². The Labute approximate surface area is 198 Å². The van der Waals surface area contributed by atoms with E-state index in [-0.39, 0.29) is 24.9 Å². The van der Waals surface area contributed by atoms with Crippen LogP contribution >= 0.6 is 7.82 Å². The van der Waals surface area contributed by atoms with Crippen LogP contribution in [0.2, 0.25) is 0 Å². The molecule has 0 aliphatic heterocycles. The summed E-state index contributed by atoms with van der Waals surface area (Å²) in [7, 11) is -2.31. The lowest BCUT2D eigenvalue weighted by atomic mass is 9.95. The zero-order valence-corrected chi connectivity index (χ0v) is 22.1. The van der Waals surface area contributed by atoms with Gasteiger partial charge in [-0.25, -0.2) is 4.57 Å². The van der Waals surface area contributed by atoms with Gasteiger partial charge in [0, 0.05) is 19.4 Å². The molecule has 6 nitrogen and oxygen atoms in total. The molecule has 0 heterocycles. The quantitative estimate of drug-likeness (QED) is 0.107. The average molecular weight is 478 g/mol. The van der Waals surface area contributed by atoms with Crippen molar-refractivity contribution in [1.82, 2.24) is 5.32 Å². The van der Waals surface area contributed by atoms with Gasteiger partial charge in [-0.1, -0.05) is 104 Å². The van der Waals surface area contributed by atoms with E-state index in [0.717, 1.165) is 19.3 Å². The Kier molecular flexibility index (Phi) is 22.3. The molecule has 2 atom stereocenters. The third-order valence-corrected chi connectivity index (χ3v) is 6.94. The summed E-state index contributed by atoms with van der Waals surface area (Å²) in [6.45, 7) is 4.80. The van der Waals surface area contributed by atoms with E-state index in [1.807, 2.05) is 6.92 Å². The summed E-state index contributed by atoms with van der Waals surface area (Å²) in [6.07, 6.45) is 20.1. The number of phosphoric acid groups is 1. The number of Topliss-reactive ketones (excluding diaryl/α,β-unsaturated/α-hetero) is 1. The average Bonchev–Trinajstić information content (AvgIpc) is 2.77. The molecule has 2 N–H and O–H groups in total. The summed E-state index contributed by atoms with van der Waals surface area (Å²) in [5, 5.41) is 2.85. The Balaban J connectivity index is 3.84. The molecule has 0 saturated heterocycles. The number of likely N-dealkylation sites (N-methyl/N-ethyl adjacent to an activating group) is 1. The number of phosphoric ester groups is 1. The van der Waals surface area contributed by atoms with Crippen molar-refractivity contribution in [3.63, 3.8) is 0 Å². The van der Waals surface area contributed by atoms with E-state index in [4.69, 9.17) is 9.05 Å². The number of ketones is 1. The molecule has 7 heteroatoms. The van der Waals surface area contributed by atoms with E-state index in [1.165, 1.54) is 77.0 Å². The molecule has 192 valence electrons. The van der Waals surface area contributed by atoms with Gasteiger partial charge in [-0.15, -0.1) is 0 Å². The van der Waals surface area contributed by atoms with Gasteiger partial charge in [-0.3, -0.25) is 13.8 Å². The predicted molar refractivity (Wildman–Crippen MR) is 134 cm³/mol. The Morgan fingerprint density at radius 1 is 0.844 bits per heavy atom. The molecule has 0 radical (unpaired) electrons. The first-order chi connectivity index (χ1) is 15.4. The van der Waals surface area contributed by atoms with Crippen LogP contribution in [0.3, 0.4) is 0 Å². The molecule has 0 fully saturated rings. The molecule has 32 heavy (non-hydrogen) atoms. The van der Waals surface area contributed by atoms with Crippen molar-refractivity contribution in [1.29, 1.82) is 0 Å². The van der Waals surface area contributed by atoms with E-state index in [1.54, 1.807) is 7.05 Å². The van der Waals surface area contributed by atoms with E-state index in [2.05, 4.69) is 12.2 Å². The standard InChI is InChI=1S/C25H52NO5P/c1-4-6-7-8-9-10-11-12-13-14-15-16-17-18-19-24(22-25(27)5-2)23-31-32(28,29)30-21-20-26-3/h24,26H,4-23H2,1-3H3,(H,28,29). The summed E-state index contributed by atoms with van der Waals surface area (Å²) in [5.41, 5.74) is 0. The molecule has 0 aliphatic rings. The van der Waals surface area contributed by atoms with Crippen molar-refractivity contribution in [2.75, 3.05) is 26.8 Å². The normalized spacial score (nSPS) is 14.4. The lowest BCUT2D eigenvalue weighted by Crippen LogP contribution is -2.16. The fourth-order valence-corrected chi connectivity index (χ4v) is 4.63. The first kappa shape index (κ1) is 31.7. The molecular formula is C25H52NO5P. The number of hydrogen-bond acceptors (Lipinski definition) is 5. The first-order valence-corrected chi connectivity index (χ1v) is 14.7. The van der Waals surface area contributed by atoms with Crippen LogP contribution in [-0.4, -0.2) is 37.5 Å². The highest BCUT2D eigenvalue weighted by Gasteiger charge is 2.24. The maximum Gasteiger partial charge on any atom is 0.472 e. The van der Waals surface area contributed by atoms with Crippen LogP contribution in [0.5, 0.6) is 0 Å². The Morgan fingerprint density at radius 3 is 1.81 bits per heavy atom. The molecule has 0 bridgehead atoms. The first-order valence-electron chi connectivity index (χ1n) is 13.2. The number of carbonyl (C=O) groups is 1. The van der Waals surface area contributed by atoms with Gasteiger partial charge in [0.15, 0.2) is 0 Å². The van der Waals surface area contributed by atoms with Gasteiger partial charge in [0.05, 0.1) is 13.2 Å². The van der Waals surface area contributed by atoms with Gasteiger partial charge in [-0.05, 0) is 19.4 Å². The van der Waals surface area contributed by atoms with Gasteiger partial charge in [0.2, 0.25) is 0 Å². The highest BCUT2D eigenvalue weighted by Crippen LogP contribution is 2.43. The molecule has 0 aromatic rings. The number of carbonyl (C=O) groups excluding carboxylic acids is 1. The van der Waals surface area contributed by atoms with Crippen LogP contribution in [0.15, 0.2) is 0 Å². The molecular weight excluding hydrogens is 425 g/mol. The fourth-order valence-electron chi connectivity index (χ4n) is 3.84. The Bertz CT molecular complexity index is 475. The highest BCUT2D eigenvalue weighted by molar-refractivity contribution is 7.47. The topological polar surface area (TPSA) is 84.9 Å². The third-order valence-electron chi connectivity index (χ3n) is 5.96. The maximum absolute atomic E-state index is 11.9. The second kappa shape index (κ2) is 22.5. The maximum atomic E-state index is 11.9. The Morgan fingerprint density at radius 2 is 1.34 bits per heavy atom. The van der Waals surface area contributed by atoms with Crippen molar-refractivity contribution in [3.8, 4) is 0 Å². The monoisotopic (exact) mass is 477 g/mol. The van der Waals surface area contributed by atoms with E-state index in [9.17, 15) is 14.3 Å². The third kappa shape index (κ3) is 21.6. The van der Waals surface area contributed by atoms with Gasteiger partial charge < -0.3 is 10.2 Å². The second-order valence-electron chi connectivity index (χ2n) is 9.05. The smallest absolute Gasteiger partial charge is 0.317 e. The van der Waals surface area contributed by atoms with Crippen LogP contribution in [0.4, 0.5) is 0 Å². The SMILES string of the molecule is CCCCCCCCCCCCCCCCC(COP(=O)(O)OCCNC)CC(=O)CC. The zero-order chi connectivity index (χ0) is 23.9. The number of unbranched alkanes of at least 4 members (excludes halogenated alkanes) is 13. The van der Waals surface area contributed by atoms with E-state index >= 15 is 0 Å². The molecule has 0 aromatic carbocycles. The van der Waals surface area contributed by atoms with Crippen molar-refractivity contribution in [2.24, 2.45) is 5.92 Å². The van der Waals surface area contributed by atoms with Crippen molar-refractivity contribution in [2.45, 2.75) is 123 Å². The highest BCUT2D eigenvalue weighted by atomic mass is 31.2. The summed E-state index contributed by atoms with van der Waals surface area (Å²) in [6, 6.07) is 0. The molecule has 0 spiro atoms. The molecule has 2 unspecified atom stereocenters. The van der Waals surface area contributed by atoms with Gasteiger partial charge in [0.1, 0.15) is 5.78 Å². The lowest BCUT2D eigenvalue weighted by Gasteiger charge is -2.18. The van der Waals surface area contributed by atoms with Crippen LogP contribution in [0, 0.1) is 5.92 Å². The van der Waals surface area contributed by atoms with E-state index < -0.39 is 7.82 Å². The summed E-state index contributed by atoms with van der Waals surface area (Å²) < 4.78 is 22.0. The van der Waals surface area contributed by atoms with Crippen LogP contribution in [0.1, 0.15) is 123 Å². The number of hydrogen-bond donors (Lipinski definition) is 2. The predicted octanol–water partition coefficient (Wildman–Crippen LogP) is 7.20. The minimum Gasteiger partial charge on any atom is -0.317 e. The minimum absolute atomic E-state index is 0.0202. The minimum atomic E-state index is -4.05. The summed E-state index contributed by atoms with van der Waals surface area (Å²) in [5.74, 6) is 0.154. The summed E-state index contributed by atoms with van der Waals surface area (Å²) in [4.78, 5) is 21.7.